The van der Waals surface area contributed by atoms with E-state index in [-0.39, 0.29) is 0 Å². The zero-order valence-electron chi connectivity index (χ0n) is 16.9. The second-order valence-electron chi connectivity index (χ2n) is 7.14. The Bertz CT molecular complexity index is 1130. The van der Waals surface area contributed by atoms with Gasteiger partial charge >= 0.3 is 0 Å². The highest BCUT2D eigenvalue weighted by Crippen LogP contribution is 2.25. The smallest absolute Gasteiger partial charge is 0.193 e. The van der Waals surface area contributed by atoms with E-state index in [0.717, 1.165) is 22.4 Å². The van der Waals surface area contributed by atoms with E-state index < -0.39 is 0 Å². The molecule has 3 N–H and O–H groups in total. The van der Waals surface area contributed by atoms with E-state index in [1.54, 1.807) is 12.7 Å². The largest absolute Gasteiger partial charge is 0.370 e. The number of nitrogens with zero attached hydrogens (tertiary/aromatic N) is 4. The predicted octanol–water partition coefficient (Wildman–Crippen LogP) is 4.23. The molecule has 0 fully saturated rings. The van der Waals surface area contributed by atoms with Crippen LogP contribution < -0.4 is 11.1 Å². The molecule has 0 saturated heterocycles. The van der Waals surface area contributed by atoms with Crippen LogP contribution in [0, 0.1) is 6.92 Å². The van der Waals surface area contributed by atoms with Crippen LogP contribution >= 0.6 is 0 Å². The van der Waals surface area contributed by atoms with Crippen molar-refractivity contribution in [2.24, 2.45) is 10.7 Å². The Labute approximate surface area is 176 Å². The molecule has 0 atom stereocenters. The van der Waals surface area contributed by atoms with E-state index in [2.05, 4.69) is 56.8 Å². The highest BCUT2D eigenvalue weighted by Gasteiger charge is 2.05. The molecule has 4 aromatic rings. The highest BCUT2D eigenvalue weighted by molar-refractivity contribution is 5.92. The Morgan fingerprint density at radius 2 is 1.87 bits per heavy atom. The summed E-state index contributed by atoms with van der Waals surface area (Å²) in [4.78, 5) is 8.52. The number of aryl methyl sites for hydroxylation is 1. The summed E-state index contributed by atoms with van der Waals surface area (Å²) in [6.07, 6.45) is 3.26. The summed E-state index contributed by atoms with van der Waals surface area (Å²) < 4.78 is 1.81. The third-order valence-electron chi connectivity index (χ3n) is 4.80. The van der Waals surface area contributed by atoms with Gasteiger partial charge in [-0.1, -0.05) is 60.7 Å². The van der Waals surface area contributed by atoms with Gasteiger partial charge in [0, 0.05) is 5.69 Å². The first-order valence-electron chi connectivity index (χ1n) is 9.80. The molecule has 1 heterocycles. The maximum Gasteiger partial charge on any atom is 0.193 e. The lowest BCUT2D eigenvalue weighted by Crippen LogP contribution is -2.22. The highest BCUT2D eigenvalue weighted by atomic mass is 15.3. The van der Waals surface area contributed by atoms with Crippen molar-refractivity contribution in [1.82, 2.24) is 14.8 Å². The van der Waals surface area contributed by atoms with E-state index in [1.807, 2.05) is 48.0 Å². The molecule has 0 spiro atoms. The Kier molecular flexibility index (Phi) is 5.85. The van der Waals surface area contributed by atoms with Crippen LogP contribution in [0.3, 0.4) is 0 Å². The SMILES string of the molecule is Cc1cccc(NC(N)=NCc2ccccc2-c2ccc(Cn3cncn3)cc2)c1. The molecule has 150 valence electrons. The Hall–Kier alpha value is -3.93. The zero-order valence-corrected chi connectivity index (χ0v) is 16.9. The summed E-state index contributed by atoms with van der Waals surface area (Å²) in [7, 11) is 0. The lowest BCUT2D eigenvalue weighted by molar-refractivity contribution is 0.685. The fourth-order valence-electron chi connectivity index (χ4n) is 3.31. The van der Waals surface area contributed by atoms with Crippen molar-refractivity contribution in [3.8, 4) is 11.1 Å². The van der Waals surface area contributed by atoms with Crippen LogP contribution in [0.15, 0.2) is 90.4 Å². The molecule has 3 aromatic carbocycles. The van der Waals surface area contributed by atoms with Gasteiger partial charge in [0.1, 0.15) is 12.7 Å². The molecular weight excluding hydrogens is 372 g/mol. The molecule has 0 aliphatic carbocycles. The molecule has 6 nitrogen and oxygen atoms in total. The minimum absolute atomic E-state index is 0.401. The number of nitrogens with one attached hydrogen (secondary N) is 1. The first kappa shape index (κ1) is 19.4. The first-order chi connectivity index (χ1) is 14.7. The van der Waals surface area contributed by atoms with Gasteiger partial charge in [-0.15, -0.1) is 0 Å². The molecule has 4 rings (SSSR count). The van der Waals surface area contributed by atoms with E-state index in [9.17, 15) is 0 Å². The predicted molar refractivity (Wildman–Crippen MR) is 121 cm³/mol. The fraction of sp³-hybridized carbons (Fsp3) is 0.125. The molecule has 30 heavy (non-hydrogen) atoms. The van der Waals surface area contributed by atoms with E-state index in [1.165, 1.54) is 11.1 Å². The summed E-state index contributed by atoms with van der Waals surface area (Å²) in [6, 6.07) is 24.8. The van der Waals surface area contributed by atoms with Gasteiger partial charge in [0.05, 0.1) is 13.1 Å². The Morgan fingerprint density at radius 3 is 2.63 bits per heavy atom. The van der Waals surface area contributed by atoms with E-state index >= 15 is 0 Å². The van der Waals surface area contributed by atoms with Crippen molar-refractivity contribution in [2.75, 3.05) is 5.32 Å². The molecule has 6 heteroatoms. The lowest BCUT2D eigenvalue weighted by atomic mass is 9.98. The standard InChI is InChI=1S/C24H24N6/c1-18-5-4-7-22(13-18)29-24(25)27-14-21-6-2-3-8-23(21)20-11-9-19(10-12-20)15-30-17-26-16-28-30/h2-13,16-17H,14-15H2,1H3,(H3,25,27,29). The number of nitrogens with two attached hydrogens (primary N) is 1. The Morgan fingerprint density at radius 1 is 1.03 bits per heavy atom. The molecule has 0 radical (unpaired) electrons. The van der Waals surface area contributed by atoms with Crippen molar-refractivity contribution >= 4 is 11.6 Å². The van der Waals surface area contributed by atoms with E-state index in [0.29, 0.717) is 19.0 Å². The Balaban J connectivity index is 1.48. The average molecular weight is 396 g/mol. The van der Waals surface area contributed by atoms with Gasteiger partial charge in [-0.3, -0.25) is 0 Å². The third-order valence-corrected chi connectivity index (χ3v) is 4.80. The molecule has 0 amide bonds. The van der Waals surface area contributed by atoms with Crippen molar-refractivity contribution in [2.45, 2.75) is 20.0 Å². The summed E-state index contributed by atoms with van der Waals surface area (Å²) in [6.45, 7) is 3.25. The number of hydrogen-bond acceptors (Lipinski definition) is 3. The quantitative estimate of drug-likeness (QED) is 0.377. The van der Waals surface area contributed by atoms with Gasteiger partial charge in [-0.05, 0) is 46.9 Å². The van der Waals surface area contributed by atoms with Gasteiger partial charge in [0.15, 0.2) is 5.96 Å². The van der Waals surface area contributed by atoms with Crippen molar-refractivity contribution in [1.29, 1.82) is 0 Å². The summed E-state index contributed by atoms with van der Waals surface area (Å²) in [5, 5.41) is 7.31. The molecule has 0 aliphatic heterocycles. The van der Waals surface area contributed by atoms with Crippen LogP contribution in [-0.4, -0.2) is 20.7 Å². The summed E-state index contributed by atoms with van der Waals surface area (Å²) >= 11 is 0. The van der Waals surface area contributed by atoms with Gasteiger partial charge in [-0.2, -0.15) is 5.10 Å². The maximum absolute atomic E-state index is 6.10. The molecular formula is C24H24N6. The van der Waals surface area contributed by atoms with Gasteiger partial charge in [0.25, 0.3) is 0 Å². The monoisotopic (exact) mass is 396 g/mol. The fourth-order valence-corrected chi connectivity index (χ4v) is 3.31. The number of hydrogen-bond donors (Lipinski definition) is 2. The second-order valence-corrected chi connectivity index (χ2v) is 7.14. The number of aliphatic imine (C=N–C) groups is 1. The molecule has 0 aliphatic rings. The average Bonchev–Trinajstić information content (AvgIpc) is 3.26. The van der Waals surface area contributed by atoms with Crippen LogP contribution in [-0.2, 0) is 13.1 Å². The topological polar surface area (TPSA) is 81.1 Å². The minimum atomic E-state index is 0.401. The third kappa shape index (κ3) is 4.91. The molecule has 0 saturated carbocycles. The number of aromatic nitrogens is 3. The van der Waals surface area contributed by atoms with Crippen LogP contribution in [0.4, 0.5) is 5.69 Å². The van der Waals surface area contributed by atoms with Crippen LogP contribution in [0.25, 0.3) is 11.1 Å². The maximum atomic E-state index is 6.10. The van der Waals surface area contributed by atoms with E-state index in [4.69, 9.17) is 5.73 Å². The molecule has 0 unspecified atom stereocenters. The van der Waals surface area contributed by atoms with Crippen molar-refractivity contribution in [3.63, 3.8) is 0 Å². The van der Waals surface area contributed by atoms with Crippen LogP contribution in [0.5, 0.6) is 0 Å². The first-order valence-corrected chi connectivity index (χ1v) is 9.80. The second kappa shape index (κ2) is 9.05. The van der Waals surface area contributed by atoms with Gasteiger partial charge in [0.2, 0.25) is 0 Å². The number of benzene rings is 3. The van der Waals surface area contributed by atoms with Crippen molar-refractivity contribution in [3.05, 3.63) is 102 Å². The lowest BCUT2D eigenvalue weighted by Gasteiger charge is -2.10. The normalized spacial score (nSPS) is 11.4. The molecule has 1 aromatic heterocycles. The van der Waals surface area contributed by atoms with Crippen molar-refractivity contribution < 1.29 is 0 Å². The molecule has 0 bridgehead atoms. The summed E-state index contributed by atoms with van der Waals surface area (Å²) in [5.74, 6) is 0.401. The number of anilines is 1. The zero-order chi connectivity index (χ0) is 20.8. The minimum Gasteiger partial charge on any atom is -0.370 e. The van der Waals surface area contributed by atoms with Gasteiger partial charge < -0.3 is 11.1 Å². The van der Waals surface area contributed by atoms with Gasteiger partial charge in [-0.25, -0.2) is 14.7 Å². The van der Waals surface area contributed by atoms with Crippen LogP contribution in [0.1, 0.15) is 16.7 Å². The summed E-state index contributed by atoms with van der Waals surface area (Å²) in [5.41, 5.74) is 12.8. The number of guanidine groups is 1. The van der Waals surface area contributed by atoms with Crippen LogP contribution in [0.2, 0.25) is 0 Å². The number of rotatable bonds is 6.